The molecule has 0 aliphatic carbocycles. The van der Waals surface area contributed by atoms with Gasteiger partial charge in [-0.15, -0.1) is 24.0 Å². The zero-order valence-corrected chi connectivity index (χ0v) is 15.6. The van der Waals surface area contributed by atoms with Crippen molar-refractivity contribution >= 4 is 35.6 Å². The maximum absolute atomic E-state index is 5.92. The van der Waals surface area contributed by atoms with E-state index < -0.39 is 0 Å². The highest BCUT2D eigenvalue weighted by atomic mass is 127. The molecule has 0 bridgehead atoms. The molecular weight excluding hydrogens is 415 g/mol. The molecule has 24 heavy (non-hydrogen) atoms. The van der Waals surface area contributed by atoms with E-state index in [0.717, 1.165) is 22.6 Å². The number of guanidine groups is 1. The van der Waals surface area contributed by atoms with Crippen LogP contribution in [0.5, 0.6) is 0 Å². The van der Waals surface area contributed by atoms with E-state index in [0.29, 0.717) is 18.3 Å². The van der Waals surface area contributed by atoms with Crippen molar-refractivity contribution in [1.82, 2.24) is 15.2 Å². The van der Waals surface area contributed by atoms with Crippen LogP contribution in [0.4, 0.5) is 5.69 Å². The van der Waals surface area contributed by atoms with Crippen LogP contribution < -0.4 is 11.1 Å². The van der Waals surface area contributed by atoms with E-state index in [4.69, 9.17) is 5.73 Å². The van der Waals surface area contributed by atoms with Crippen LogP contribution in [0.1, 0.15) is 11.4 Å². The van der Waals surface area contributed by atoms with Gasteiger partial charge in [0.05, 0.1) is 6.54 Å². The molecule has 0 spiro atoms. The maximum atomic E-state index is 5.92. The summed E-state index contributed by atoms with van der Waals surface area (Å²) < 4.78 is 0. The molecule has 0 amide bonds. The number of aryl methyl sites for hydroxylation is 1. The monoisotopic (exact) mass is 434 g/mol. The first-order valence-corrected chi connectivity index (χ1v) is 7.31. The van der Waals surface area contributed by atoms with Gasteiger partial charge in [0, 0.05) is 11.3 Å². The molecule has 0 aliphatic rings. The van der Waals surface area contributed by atoms with E-state index in [2.05, 4.69) is 25.5 Å². The minimum atomic E-state index is 0. The molecule has 0 unspecified atom stereocenters. The third kappa shape index (κ3) is 4.79. The number of aromatic nitrogens is 3. The Morgan fingerprint density at radius 2 is 1.96 bits per heavy atom. The highest BCUT2D eigenvalue weighted by Gasteiger charge is 2.04. The molecule has 0 saturated carbocycles. The SMILES string of the molecule is Cc1nc(-c2cccc(CN=C(N)Nc3ccccc3)c2)n[nH]1.I. The first-order valence-electron chi connectivity index (χ1n) is 7.31. The Morgan fingerprint density at radius 1 is 1.17 bits per heavy atom. The van der Waals surface area contributed by atoms with Gasteiger partial charge in [-0.25, -0.2) is 9.98 Å². The lowest BCUT2D eigenvalue weighted by atomic mass is 10.1. The smallest absolute Gasteiger partial charge is 0.193 e. The Labute approximate surface area is 157 Å². The minimum Gasteiger partial charge on any atom is -0.370 e. The number of nitrogens with one attached hydrogen (secondary N) is 2. The predicted octanol–water partition coefficient (Wildman–Crippen LogP) is 3.32. The normalized spacial score (nSPS) is 11.0. The highest BCUT2D eigenvalue weighted by molar-refractivity contribution is 14.0. The molecule has 1 heterocycles. The summed E-state index contributed by atoms with van der Waals surface area (Å²) in [6.07, 6.45) is 0. The lowest BCUT2D eigenvalue weighted by Gasteiger charge is -2.05. The van der Waals surface area contributed by atoms with Gasteiger partial charge < -0.3 is 11.1 Å². The Morgan fingerprint density at radius 3 is 2.67 bits per heavy atom. The molecule has 1 aromatic heterocycles. The summed E-state index contributed by atoms with van der Waals surface area (Å²) >= 11 is 0. The summed E-state index contributed by atoms with van der Waals surface area (Å²) in [6.45, 7) is 2.36. The second kappa shape index (κ2) is 8.44. The fourth-order valence-electron chi connectivity index (χ4n) is 2.17. The average Bonchev–Trinajstić information content (AvgIpc) is 3.01. The Kier molecular flexibility index (Phi) is 6.30. The zero-order valence-electron chi connectivity index (χ0n) is 13.2. The second-order valence-electron chi connectivity index (χ2n) is 5.14. The number of anilines is 1. The summed E-state index contributed by atoms with van der Waals surface area (Å²) in [4.78, 5) is 8.70. The third-order valence-electron chi connectivity index (χ3n) is 3.26. The van der Waals surface area contributed by atoms with Crippen molar-refractivity contribution in [3.05, 3.63) is 66.0 Å². The molecule has 2 aromatic carbocycles. The second-order valence-corrected chi connectivity index (χ2v) is 5.14. The van der Waals surface area contributed by atoms with Crippen molar-refractivity contribution in [3.8, 4) is 11.4 Å². The van der Waals surface area contributed by atoms with Gasteiger partial charge in [0.2, 0.25) is 0 Å². The molecule has 0 atom stereocenters. The van der Waals surface area contributed by atoms with E-state index in [1.807, 2.05) is 61.5 Å². The molecule has 3 aromatic rings. The average molecular weight is 434 g/mol. The van der Waals surface area contributed by atoms with E-state index in [9.17, 15) is 0 Å². The Balaban J connectivity index is 0.00000208. The number of hydrogen-bond donors (Lipinski definition) is 3. The van der Waals surface area contributed by atoms with Crippen molar-refractivity contribution < 1.29 is 0 Å². The number of benzene rings is 2. The topological polar surface area (TPSA) is 92.0 Å². The first kappa shape index (κ1) is 17.9. The summed E-state index contributed by atoms with van der Waals surface area (Å²) in [5, 5.41) is 10.1. The van der Waals surface area contributed by atoms with Crippen LogP contribution >= 0.6 is 24.0 Å². The first-order chi connectivity index (χ1) is 11.2. The zero-order chi connectivity index (χ0) is 16.1. The van der Waals surface area contributed by atoms with Gasteiger partial charge in [0.25, 0.3) is 0 Å². The number of para-hydroxylation sites is 1. The third-order valence-corrected chi connectivity index (χ3v) is 3.26. The van der Waals surface area contributed by atoms with Crippen LogP contribution in [0.25, 0.3) is 11.4 Å². The van der Waals surface area contributed by atoms with Crippen molar-refractivity contribution in [2.75, 3.05) is 5.32 Å². The van der Waals surface area contributed by atoms with E-state index in [1.54, 1.807) is 0 Å². The summed E-state index contributed by atoms with van der Waals surface area (Å²) in [5.41, 5.74) is 8.83. The molecule has 7 heteroatoms. The molecule has 0 fully saturated rings. The summed E-state index contributed by atoms with van der Waals surface area (Å²) in [7, 11) is 0. The summed E-state index contributed by atoms with van der Waals surface area (Å²) in [5.74, 6) is 1.86. The van der Waals surface area contributed by atoms with Gasteiger partial charge in [-0.2, -0.15) is 5.10 Å². The van der Waals surface area contributed by atoms with E-state index in [1.165, 1.54) is 0 Å². The predicted molar refractivity (Wildman–Crippen MR) is 107 cm³/mol. The lowest BCUT2D eigenvalue weighted by Crippen LogP contribution is -2.22. The highest BCUT2D eigenvalue weighted by Crippen LogP contribution is 2.16. The van der Waals surface area contributed by atoms with Gasteiger partial charge in [0.1, 0.15) is 5.82 Å². The van der Waals surface area contributed by atoms with Gasteiger partial charge in [0.15, 0.2) is 11.8 Å². The molecule has 0 radical (unpaired) electrons. The number of H-pyrrole nitrogens is 1. The van der Waals surface area contributed by atoms with Gasteiger partial charge in [-0.1, -0.05) is 36.4 Å². The molecule has 124 valence electrons. The molecule has 3 rings (SSSR count). The van der Waals surface area contributed by atoms with Gasteiger partial charge >= 0.3 is 0 Å². The quantitative estimate of drug-likeness (QED) is 0.334. The van der Waals surface area contributed by atoms with Crippen LogP contribution in [0.15, 0.2) is 59.6 Å². The number of rotatable bonds is 4. The number of nitrogens with zero attached hydrogens (tertiary/aromatic N) is 3. The molecule has 4 N–H and O–H groups in total. The molecule has 0 saturated heterocycles. The van der Waals surface area contributed by atoms with Gasteiger partial charge in [-0.3, -0.25) is 5.10 Å². The van der Waals surface area contributed by atoms with Crippen LogP contribution in [-0.4, -0.2) is 21.1 Å². The van der Waals surface area contributed by atoms with Crippen LogP contribution in [-0.2, 0) is 6.54 Å². The molecule has 6 nitrogen and oxygen atoms in total. The fraction of sp³-hybridized carbons (Fsp3) is 0.118. The Hall–Kier alpha value is -2.42. The molecule has 0 aliphatic heterocycles. The standard InChI is InChI=1S/C17H18N6.HI/c1-12-20-16(23-22-12)14-7-5-6-13(10-14)11-19-17(18)21-15-8-3-2-4-9-15;/h2-10H,11H2,1H3,(H3,18,19,21)(H,20,22,23);1H. The maximum Gasteiger partial charge on any atom is 0.193 e. The van der Waals surface area contributed by atoms with Crippen LogP contribution in [0, 0.1) is 6.92 Å². The van der Waals surface area contributed by atoms with Crippen LogP contribution in [0.2, 0.25) is 0 Å². The van der Waals surface area contributed by atoms with E-state index in [-0.39, 0.29) is 24.0 Å². The number of hydrogen-bond acceptors (Lipinski definition) is 3. The fourth-order valence-corrected chi connectivity index (χ4v) is 2.17. The molecular formula is C17H19IN6. The Bertz CT molecular complexity index is 813. The van der Waals surface area contributed by atoms with Crippen molar-refractivity contribution in [3.63, 3.8) is 0 Å². The number of aromatic amines is 1. The van der Waals surface area contributed by atoms with Crippen LogP contribution in [0.3, 0.4) is 0 Å². The number of aliphatic imine (C=N–C) groups is 1. The van der Waals surface area contributed by atoms with Crippen molar-refractivity contribution in [1.29, 1.82) is 0 Å². The van der Waals surface area contributed by atoms with Crippen molar-refractivity contribution in [2.24, 2.45) is 10.7 Å². The van der Waals surface area contributed by atoms with E-state index >= 15 is 0 Å². The summed E-state index contributed by atoms with van der Waals surface area (Å²) in [6, 6.07) is 17.7. The van der Waals surface area contributed by atoms with Crippen molar-refractivity contribution in [2.45, 2.75) is 13.5 Å². The lowest BCUT2D eigenvalue weighted by molar-refractivity contribution is 1.04. The number of nitrogens with two attached hydrogens (primary N) is 1. The largest absolute Gasteiger partial charge is 0.370 e. The minimum absolute atomic E-state index is 0. The van der Waals surface area contributed by atoms with Gasteiger partial charge in [-0.05, 0) is 30.7 Å². The number of halogens is 1.